The lowest BCUT2D eigenvalue weighted by Gasteiger charge is -2.38. The standard InChI is InChI=1S/C11H24N2O2S/c1-10(2)11-9-12-5-7-13(11)6-4-8-16(3,14)15/h10-12H,4-9H2,1-3H3. The largest absolute Gasteiger partial charge is 0.314 e. The first-order chi connectivity index (χ1) is 7.40. The van der Waals surface area contributed by atoms with E-state index in [0.29, 0.717) is 17.7 Å². The van der Waals surface area contributed by atoms with Crippen LogP contribution in [-0.2, 0) is 9.84 Å². The lowest BCUT2D eigenvalue weighted by molar-refractivity contribution is 0.125. The Morgan fingerprint density at radius 1 is 1.44 bits per heavy atom. The average molecular weight is 248 g/mol. The number of rotatable bonds is 5. The highest BCUT2D eigenvalue weighted by molar-refractivity contribution is 7.90. The predicted octanol–water partition coefficient (Wildman–Crippen LogP) is 0.351. The second kappa shape index (κ2) is 5.98. The van der Waals surface area contributed by atoms with Gasteiger partial charge < -0.3 is 5.32 Å². The van der Waals surface area contributed by atoms with Crippen LogP contribution in [0.1, 0.15) is 20.3 Å². The van der Waals surface area contributed by atoms with Gasteiger partial charge in [-0.3, -0.25) is 4.90 Å². The molecule has 1 heterocycles. The van der Waals surface area contributed by atoms with Crippen molar-refractivity contribution in [3.8, 4) is 0 Å². The molecule has 1 fully saturated rings. The highest BCUT2D eigenvalue weighted by Gasteiger charge is 2.24. The summed E-state index contributed by atoms with van der Waals surface area (Å²) in [4.78, 5) is 2.42. The molecule has 1 atom stereocenters. The second-order valence-electron chi connectivity index (χ2n) is 5.03. The molecule has 0 saturated carbocycles. The van der Waals surface area contributed by atoms with Gasteiger partial charge in [-0.1, -0.05) is 13.8 Å². The van der Waals surface area contributed by atoms with Crippen LogP contribution in [0.4, 0.5) is 0 Å². The van der Waals surface area contributed by atoms with Gasteiger partial charge in [-0.15, -0.1) is 0 Å². The Morgan fingerprint density at radius 2 is 2.12 bits per heavy atom. The second-order valence-corrected chi connectivity index (χ2v) is 7.29. The summed E-state index contributed by atoms with van der Waals surface area (Å²) in [5.41, 5.74) is 0. The lowest BCUT2D eigenvalue weighted by Crippen LogP contribution is -2.53. The summed E-state index contributed by atoms with van der Waals surface area (Å²) in [6.45, 7) is 8.42. The fourth-order valence-electron chi connectivity index (χ4n) is 2.23. The minimum atomic E-state index is -2.80. The molecule has 0 amide bonds. The van der Waals surface area contributed by atoms with Crippen molar-refractivity contribution in [3.05, 3.63) is 0 Å². The van der Waals surface area contributed by atoms with E-state index >= 15 is 0 Å². The van der Waals surface area contributed by atoms with Crippen molar-refractivity contribution in [1.29, 1.82) is 0 Å². The number of sulfone groups is 1. The molecule has 1 aliphatic heterocycles. The Hall–Kier alpha value is -0.130. The monoisotopic (exact) mass is 248 g/mol. The third-order valence-electron chi connectivity index (χ3n) is 3.13. The average Bonchev–Trinajstić information content (AvgIpc) is 2.16. The molecule has 1 saturated heterocycles. The molecule has 0 aromatic heterocycles. The number of nitrogens with zero attached hydrogens (tertiary/aromatic N) is 1. The van der Waals surface area contributed by atoms with Gasteiger partial charge in [0.2, 0.25) is 0 Å². The van der Waals surface area contributed by atoms with Crippen LogP contribution in [0.25, 0.3) is 0 Å². The summed E-state index contributed by atoms with van der Waals surface area (Å²) in [5.74, 6) is 0.924. The van der Waals surface area contributed by atoms with Gasteiger partial charge in [0.25, 0.3) is 0 Å². The van der Waals surface area contributed by atoms with Gasteiger partial charge in [0.05, 0.1) is 5.75 Å². The van der Waals surface area contributed by atoms with Crippen molar-refractivity contribution < 1.29 is 8.42 Å². The minimum Gasteiger partial charge on any atom is -0.314 e. The topological polar surface area (TPSA) is 49.4 Å². The Morgan fingerprint density at radius 3 is 2.69 bits per heavy atom. The van der Waals surface area contributed by atoms with E-state index in [2.05, 4.69) is 24.1 Å². The van der Waals surface area contributed by atoms with E-state index in [4.69, 9.17) is 0 Å². The lowest BCUT2D eigenvalue weighted by atomic mass is 10.0. The molecule has 0 spiro atoms. The maximum absolute atomic E-state index is 11.1. The van der Waals surface area contributed by atoms with Crippen molar-refractivity contribution in [3.63, 3.8) is 0 Å². The summed E-state index contributed by atoms with van der Waals surface area (Å²) in [5, 5.41) is 3.39. The summed E-state index contributed by atoms with van der Waals surface area (Å²) < 4.78 is 22.1. The molecule has 1 unspecified atom stereocenters. The van der Waals surface area contributed by atoms with Crippen molar-refractivity contribution in [1.82, 2.24) is 10.2 Å². The Balaban J connectivity index is 2.38. The molecule has 1 rings (SSSR count). The van der Waals surface area contributed by atoms with E-state index in [9.17, 15) is 8.42 Å². The molecule has 1 aliphatic rings. The first-order valence-electron chi connectivity index (χ1n) is 6.02. The smallest absolute Gasteiger partial charge is 0.147 e. The fraction of sp³-hybridized carbons (Fsp3) is 1.00. The number of hydrogen-bond acceptors (Lipinski definition) is 4. The summed E-state index contributed by atoms with van der Waals surface area (Å²) >= 11 is 0. The number of hydrogen-bond donors (Lipinski definition) is 1. The number of nitrogens with one attached hydrogen (secondary N) is 1. The molecule has 0 aliphatic carbocycles. The zero-order valence-corrected chi connectivity index (χ0v) is 11.4. The zero-order chi connectivity index (χ0) is 12.2. The zero-order valence-electron chi connectivity index (χ0n) is 10.6. The molecule has 4 nitrogen and oxygen atoms in total. The van der Waals surface area contributed by atoms with Gasteiger partial charge >= 0.3 is 0 Å². The molecule has 0 aromatic carbocycles. The van der Waals surface area contributed by atoms with Crippen LogP contribution >= 0.6 is 0 Å². The Labute approximate surface area is 99.3 Å². The summed E-state index contributed by atoms with van der Waals surface area (Å²) in [6.07, 6.45) is 2.06. The van der Waals surface area contributed by atoms with Gasteiger partial charge in [0, 0.05) is 31.9 Å². The predicted molar refractivity (Wildman–Crippen MR) is 67.4 cm³/mol. The van der Waals surface area contributed by atoms with Gasteiger partial charge in [-0.2, -0.15) is 0 Å². The van der Waals surface area contributed by atoms with E-state index in [-0.39, 0.29) is 0 Å². The minimum absolute atomic E-state index is 0.307. The van der Waals surface area contributed by atoms with E-state index in [1.54, 1.807) is 0 Å². The van der Waals surface area contributed by atoms with E-state index < -0.39 is 9.84 Å². The van der Waals surface area contributed by atoms with Crippen LogP contribution < -0.4 is 5.32 Å². The molecule has 1 N–H and O–H groups in total. The van der Waals surface area contributed by atoms with E-state index in [1.807, 2.05) is 0 Å². The molecular weight excluding hydrogens is 224 g/mol. The molecular formula is C11H24N2O2S. The number of piperazine rings is 1. The third kappa shape index (κ3) is 4.80. The first kappa shape index (κ1) is 13.9. The molecule has 0 aromatic rings. The highest BCUT2D eigenvalue weighted by atomic mass is 32.2. The SMILES string of the molecule is CC(C)C1CNCCN1CCCS(C)(=O)=O. The van der Waals surface area contributed by atoms with Crippen LogP contribution in [0.15, 0.2) is 0 Å². The maximum atomic E-state index is 11.1. The molecule has 5 heteroatoms. The van der Waals surface area contributed by atoms with Crippen LogP contribution in [0.2, 0.25) is 0 Å². The molecule has 96 valence electrons. The fourth-order valence-corrected chi connectivity index (χ4v) is 2.89. The van der Waals surface area contributed by atoms with E-state index in [0.717, 1.165) is 32.6 Å². The van der Waals surface area contributed by atoms with Gasteiger partial charge in [-0.25, -0.2) is 8.42 Å². The summed E-state index contributed by atoms with van der Waals surface area (Å²) in [7, 11) is -2.80. The Bertz CT molecular complexity index is 301. The van der Waals surface area contributed by atoms with Crippen LogP contribution in [0, 0.1) is 5.92 Å². The van der Waals surface area contributed by atoms with Gasteiger partial charge in [-0.05, 0) is 18.9 Å². The van der Waals surface area contributed by atoms with Crippen molar-refractivity contribution in [2.75, 3.05) is 38.2 Å². The van der Waals surface area contributed by atoms with Crippen molar-refractivity contribution in [2.45, 2.75) is 26.3 Å². The normalized spacial score (nSPS) is 23.9. The maximum Gasteiger partial charge on any atom is 0.147 e. The van der Waals surface area contributed by atoms with Gasteiger partial charge in [0.15, 0.2) is 0 Å². The van der Waals surface area contributed by atoms with Gasteiger partial charge in [0.1, 0.15) is 9.84 Å². The van der Waals surface area contributed by atoms with E-state index in [1.165, 1.54) is 6.26 Å². The van der Waals surface area contributed by atoms with Crippen molar-refractivity contribution >= 4 is 9.84 Å². The molecule has 16 heavy (non-hydrogen) atoms. The third-order valence-corrected chi connectivity index (χ3v) is 4.16. The van der Waals surface area contributed by atoms with Crippen LogP contribution in [0.5, 0.6) is 0 Å². The van der Waals surface area contributed by atoms with Crippen LogP contribution in [-0.4, -0.2) is 57.5 Å². The first-order valence-corrected chi connectivity index (χ1v) is 8.08. The quantitative estimate of drug-likeness (QED) is 0.763. The highest BCUT2D eigenvalue weighted by Crippen LogP contribution is 2.13. The molecule has 0 bridgehead atoms. The summed E-state index contributed by atoms with van der Waals surface area (Å²) in [6, 6.07) is 0.549. The Kier molecular flexibility index (Phi) is 5.21. The van der Waals surface area contributed by atoms with Crippen LogP contribution in [0.3, 0.4) is 0 Å². The van der Waals surface area contributed by atoms with Crippen molar-refractivity contribution in [2.24, 2.45) is 5.92 Å². The molecule has 0 radical (unpaired) electrons.